The minimum absolute atomic E-state index is 0.0472. The second-order valence-electron chi connectivity index (χ2n) is 3.72. The number of thiazole rings is 1. The van der Waals surface area contributed by atoms with Gasteiger partial charge in [0.1, 0.15) is 4.88 Å². The number of nitrogens with one attached hydrogen (secondary N) is 1. The molecule has 0 aliphatic rings. The summed E-state index contributed by atoms with van der Waals surface area (Å²) in [5.74, 6) is -1.69. The predicted octanol–water partition coefficient (Wildman–Crippen LogP) is 0.891. The number of nitrogens with zero attached hydrogens (tertiary/aromatic N) is 1. The van der Waals surface area contributed by atoms with E-state index in [1.165, 1.54) is 6.92 Å². The van der Waals surface area contributed by atoms with Crippen molar-refractivity contribution in [1.29, 1.82) is 0 Å². The Balaban J connectivity index is 2.78. The summed E-state index contributed by atoms with van der Waals surface area (Å²) >= 11 is 0.907. The maximum atomic E-state index is 11.3. The van der Waals surface area contributed by atoms with Gasteiger partial charge in [0.05, 0.1) is 5.75 Å². The van der Waals surface area contributed by atoms with Gasteiger partial charge < -0.3 is 10.4 Å². The molecule has 0 radical (unpaired) electrons. The number of carbonyl (C=O) groups is 2. The molecule has 0 amide bonds. The molecule has 1 aromatic heterocycles. The molecule has 1 rings (SSSR count). The molecular weight excluding hydrogens is 292 g/mol. The third-order valence-electron chi connectivity index (χ3n) is 2.28. The molecule has 0 bridgehead atoms. The first-order chi connectivity index (χ1) is 8.76. The average Bonchev–Trinajstić information content (AvgIpc) is 2.73. The van der Waals surface area contributed by atoms with Crippen LogP contribution in [0.15, 0.2) is 0 Å². The van der Waals surface area contributed by atoms with Crippen LogP contribution in [0.1, 0.15) is 34.0 Å². The molecule has 0 unspecified atom stereocenters. The van der Waals surface area contributed by atoms with Crippen LogP contribution in [-0.2, 0) is 9.84 Å². The second kappa shape index (κ2) is 6.11. The molecule has 9 heteroatoms. The predicted molar refractivity (Wildman–Crippen MR) is 71.9 cm³/mol. The van der Waals surface area contributed by atoms with Gasteiger partial charge >= 0.3 is 5.97 Å². The topological polar surface area (TPSA) is 113 Å². The smallest absolute Gasteiger partial charge is 0.356 e. The van der Waals surface area contributed by atoms with Crippen molar-refractivity contribution in [2.75, 3.05) is 23.4 Å². The van der Waals surface area contributed by atoms with Crippen molar-refractivity contribution in [1.82, 2.24) is 4.98 Å². The molecule has 106 valence electrons. The van der Waals surface area contributed by atoms with E-state index >= 15 is 0 Å². The quantitative estimate of drug-likeness (QED) is 0.719. The molecule has 0 aromatic carbocycles. The fourth-order valence-electron chi connectivity index (χ4n) is 1.24. The molecule has 7 nitrogen and oxygen atoms in total. The normalized spacial score (nSPS) is 11.3. The highest BCUT2D eigenvalue weighted by molar-refractivity contribution is 7.91. The fourth-order valence-corrected chi connectivity index (χ4v) is 2.82. The van der Waals surface area contributed by atoms with E-state index < -0.39 is 15.8 Å². The summed E-state index contributed by atoms with van der Waals surface area (Å²) in [6, 6.07) is 0. The number of sulfone groups is 1. The molecule has 2 N–H and O–H groups in total. The molecule has 1 heterocycles. The first-order valence-corrected chi connectivity index (χ1v) is 8.10. The number of Topliss-reactive ketones (excluding diaryl/α,β-unsaturated/α-hetero) is 1. The van der Waals surface area contributed by atoms with Gasteiger partial charge in [-0.2, -0.15) is 0 Å². The van der Waals surface area contributed by atoms with Crippen molar-refractivity contribution < 1.29 is 23.1 Å². The Labute approximate surface area is 114 Å². The van der Waals surface area contributed by atoms with E-state index in [2.05, 4.69) is 10.3 Å². The van der Waals surface area contributed by atoms with Crippen molar-refractivity contribution in [3.63, 3.8) is 0 Å². The van der Waals surface area contributed by atoms with E-state index in [-0.39, 0.29) is 39.5 Å². The molecule has 0 spiro atoms. The Morgan fingerprint density at radius 1 is 1.42 bits per heavy atom. The Bertz CT molecular complexity index is 560. The number of rotatable bonds is 7. The number of aromatic nitrogens is 1. The highest BCUT2D eigenvalue weighted by Crippen LogP contribution is 2.23. The summed E-state index contributed by atoms with van der Waals surface area (Å²) in [6.45, 7) is 2.93. The number of carboxylic acid groups (broad SMARTS) is 1. The van der Waals surface area contributed by atoms with Crippen molar-refractivity contribution in [3.05, 3.63) is 10.6 Å². The molecular formula is C10H14N2O5S2. The van der Waals surface area contributed by atoms with Gasteiger partial charge in [-0.15, -0.1) is 0 Å². The van der Waals surface area contributed by atoms with Gasteiger partial charge in [-0.05, 0) is 0 Å². The lowest BCUT2D eigenvalue weighted by atomic mass is 10.3. The van der Waals surface area contributed by atoms with Crippen LogP contribution in [0.25, 0.3) is 0 Å². The van der Waals surface area contributed by atoms with E-state index in [0.29, 0.717) is 0 Å². The van der Waals surface area contributed by atoms with E-state index in [0.717, 1.165) is 11.3 Å². The molecule has 0 saturated carbocycles. The summed E-state index contributed by atoms with van der Waals surface area (Å²) in [5.41, 5.74) is -0.307. The first-order valence-electron chi connectivity index (χ1n) is 5.46. The zero-order chi connectivity index (χ0) is 14.6. The van der Waals surface area contributed by atoms with Crippen LogP contribution in [0.2, 0.25) is 0 Å². The number of anilines is 1. The van der Waals surface area contributed by atoms with Gasteiger partial charge in [-0.25, -0.2) is 18.2 Å². The summed E-state index contributed by atoms with van der Waals surface area (Å²) in [6.07, 6.45) is 0. The van der Waals surface area contributed by atoms with Crippen molar-refractivity contribution >= 4 is 38.1 Å². The van der Waals surface area contributed by atoms with Crippen LogP contribution in [-0.4, -0.2) is 48.3 Å². The van der Waals surface area contributed by atoms with Crippen molar-refractivity contribution in [3.8, 4) is 0 Å². The largest absolute Gasteiger partial charge is 0.476 e. The van der Waals surface area contributed by atoms with E-state index in [1.807, 2.05) is 0 Å². The van der Waals surface area contributed by atoms with E-state index in [9.17, 15) is 18.0 Å². The summed E-state index contributed by atoms with van der Waals surface area (Å²) in [7, 11) is -3.09. The molecule has 0 aliphatic carbocycles. The lowest BCUT2D eigenvalue weighted by molar-refractivity contribution is 0.0687. The highest BCUT2D eigenvalue weighted by Gasteiger charge is 2.20. The number of aromatic carboxylic acids is 1. The van der Waals surface area contributed by atoms with Crippen LogP contribution in [0.3, 0.4) is 0 Å². The lowest BCUT2D eigenvalue weighted by Gasteiger charge is -2.02. The Hall–Kier alpha value is -1.48. The zero-order valence-electron chi connectivity index (χ0n) is 10.5. The summed E-state index contributed by atoms with van der Waals surface area (Å²) in [4.78, 5) is 26.0. The van der Waals surface area contributed by atoms with Gasteiger partial charge in [0.2, 0.25) is 0 Å². The SMILES string of the molecule is CCS(=O)(=O)CCNc1nc(C(=O)O)c(C(C)=O)s1. The molecule has 0 atom stereocenters. The van der Waals surface area contributed by atoms with Crippen LogP contribution < -0.4 is 5.32 Å². The molecule has 19 heavy (non-hydrogen) atoms. The number of hydrogen-bond acceptors (Lipinski definition) is 7. The Kier molecular flexibility index (Phi) is 5.01. The number of carboxylic acids is 1. The average molecular weight is 306 g/mol. The number of hydrogen-bond donors (Lipinski definition) is 2. The minimum Gasteiger partial charge on any atom is -0.476 e. The molecule has 1 aromatic rings. The van der Waals surface area contributed by atoms with Gasteiger partial charge in [0.15, 0.2) is 26.4 Å². The number of carbonyl (C=O) groups excluding carboxylic acids is 1. The summed E-state index contributed by atoms with van der Waals surface area (Å²) in [5, 5.41) is 11.8. The van der Waals surface area contributed by atoms with Gasteiger partial charge in [0, 0.05) is 19.2 Å². The van der Waals surface area contributed by atoms with Gasteiger partial charge in [0.25, 0.3) is 0 Å². The Morgan fingerprint density at radius 2 is 2.05 bits per heavy atom. The molecule has 0 saturated heterocycles. The number of ketones is 1. The third kappa shape index (κ3) is 4.28. The fraction of sp³-hybridized carbons (Fsp3) is 0.500. The first kappa shape index (κ1) is 15.6. The lowest BCUT2D eigenvalue weighted by Crippen LogP contribution is -2.17. The maximum absolute atomic E-state index is 11.3. The Morgan fingerprint density at radius 3 is 2.47 bits per heavy atom. The molecule has 0 aliphatic heterocycles. The van der Waals surface area contributed by atoms with Crippen LogP contribution >= 0.6 is 11.3 Å². The summed E-state index contributed by atoms with van der Waals surface area (Å²) < 4.78 is 22.5. The monoisotopic (exact) mass is 306 g/mol. The zero-order valence-corrected chi connectivity index (χ0v) is 12.1. The van der Waals surface area contributed by atoms with Crippen molar-refractivity contribution in [2.45, 2.75) is 13.8 Å². The maximum Gasteiger partial charge on any atom is 0.356 e. The minimum atomic E-state index is -3.09. The van der Waals surface area contributed by atoms with Crippen LogP contribution in [0, 0.1) is 0 Å². The third-order valence-corrected chi connectivity index (χ3v) is 5.10. The van der Waals surface area contributed by atoms with Crippen LogP contribution in [0.4, 0.5) is 5.13 Å². The highest BCUT2D eigenvalue weighted by atomic mass is 32.2. The van der Waals surface area contributed by atoms with E-state index in [4.69, 9.17) is 5.11 Å². The molecule has 0 fully saturated rings. The van der Waals surface area contributed by atoms with Gasteiger partial charge in [-0.1, -0.05) is 18.3 Å². The second-order valence-corrected chi connectivity index (χ2v) is 7.19. The van der Waals surface area contributed by atoms with Gasteiger partial charge in [-0.3, -0.25) is 4.79 Å². The van der Waals surface area contributed by atoms with Crippen molar-refractivity contribution in [2.24, 2.45) is 0 Å². The van der Waals surface area contributed by atoms with E-state index in [1.54, 1.807) is 6.92 Å². The van der Waals surface area contributed by atoms with Crippen LogP contribution in [0.5, 0.6) is 0 Å². The standard InChI is InChI=1S/C10H14N2O5S2/c1-3-19(16,17)5-4-11-10-12-7(9(14)15)8(18-10)6(2)13/h3-5H2,1-2H3,(H,11,12)(H,14,15).